The van der Waals surface area contributed by atoms with Crippen molar-refractivity contribution in [2.75, 3.05) is 18.5 Å². The summed E-state index contributed by atoms with van der Waals surface area (Å²) in [5, 5.41) is 8.93. The summed E-state index contributed by atoms with van der Waals surface area (Å²) in [5.41, 5.74) is 1.01. The van der Waals surface area contributed by atoms with Gasteiger partial charge in [-0.25, -0.2) is 0 Å². The van der Waals surface area contributed by atoms with Crippen molar-refractivity contribution in [2.45, 2.75) is 25.4 Å². The van der Waals surface area contributed by atoms with Crippen LogP contribution in [-0.2, 0) is 4.79 Å². The standard InChI is InChI=1S/C14H17N3O/c1-11-10-16(2)14(18)13(8-9-15)17(11)12-6-4-3-5-7-12/h3-7,11,13H,8,10H2,1-2H3. The van der Waals surface area contributed by atoms with Crippen molar-refractivity contribution in [3.63, 3.8) is 0 Å². The molecule has 2 unspecified atom stereocenters. The minimum atomic E-state index is -0.369. The summed E-state index contributed by atoms with van der Waals surface area (Å²) < 4.78 is 0. The molecule has 94 valence electrons. The molecule has 0 radical (unpaired) electrons. The molecule has 18 heavy (non-hydrogen) atoms. The molecule has 1 saturated heterocycles. The second kappa shape index (κ2) is 5.09. The van der Waals surface area contributed by atoms with Gasteiger partial charge in [0.2, 0.25) is 5.91 Å². The fraction of sp³-hybridized carbons (Fsp3) is 0.429. The van der Waals surface area contributed by atoms with Crippen LogP contribution in [0.5, 0.6) is 0 Å². The normalized spacial score (nSPS) is 23.9. The van der Waals surface area contributed by atoms with Gasteiger partial charge in [0.1, 0.15) is 6.04 Å². The molecular formula is C14H17N3O. The molecule has 1 heterocycles. The van der Waals surface area contributed by atoms with Crippen LogP contribution in [-0.4, -0.2) is 36.5 Å². The summed E-state index contributed by atoms with van der Waals surface area (Å²) >= 11 is 0. The van der Waals surface area contributed by atoms with E-state index >= 15 is 0 Å². The molecule has 0 spiro atoms. The summed E-state index contributed by atoms with van der Waals surface area (Å²) in [6.45, 7) is 2.77. The van der Waals surface area contributed by atoms with Gasteiger partial charge < -0.3 is 9.80 Å². The second-order valence-corrected chi connectivity index (χ2v) is 4.69. The number of likely N-dealkylation sites (N-methyl/N-ethyl adjacent to an activating group) is 1. The maximum absolute atomic E-state index is 12.2. The Morgan fingerprint density at radius 1 is 1.39 bits per heavy atom. The molecule has 0 N–H and O–H groups in total. The van der Waals surface area contributed by atoms with Gasteiger partial charge in [-0.1, -0.05) is 18.2 Å². The molecule has 1 fully saturated rings. The zero-order valence-electron chi connectivity index (χ0n) is 10.7. The second-order valence-electron chi connectivity index (χ2n) is 4.69. The highest BCUT2D eigenvalue weighted by Gasteiger charge is 2.37. The van der Waals surface area contributed by atoms with E-state index in [-0.39, 0.29) is 24.4 Å². The molecule has 1 aliphatic rings. The quantitative estimate of drug-likeness (QED) is 0.793. The highest BCUT2D eigenvalue weighted by molar-refractivity contribution is 5.87. The first-order valence-electron chi connectivity index (χ1n) is 6.10. The van der Waals surface area contributed by atoms with Gasteiger partial charge in [0.15, 0.2) is 0 Å². The van der Waals surface area contributed by atoms with Gasteiger partial charge in [-0.3, -0.25) is 4.79 Å². The molecule has 4 heteroatoms. The van der Waals surface area contributed by atoms with E-state index in [9.17, 15) is 4.79 Å². The largest absolute Gasteiger partial charge is 0.354 e. The van der Waals surface area contributed by atoms with Crippen molar-refractivity contribution in [3.05, 3.63) is 30.3 Å². The monoisotopic (exact) mass is 243 g/mol. The van der Waals surface area contributed by atoms with Crippen molar-refractivity contribution >= 4 is 11.6 Å². The van der Waals surface area contributed by atoms with Crippen molar-refractivity contribution in [1.82, 2.24) is 4.90 Å². The third-order valence-corrected chi connectivity index (χ3v) is 3.35. The first-order valence-corrected chi connectivity index (χ1v) is 6.10. The predicted octanol–water partition coefficient (Wildman–Crippen LogP) is 1.64. The van der Waals surface area contributed by atoms with Crippen LogP contribution >= 0.6 is 0 Å². The molecule has 0 aliphatic carbocycles. The molecule has 0 aromatic heterocycles. The van der Waals surface area contributed by atoms with Crippen LogP contribution in [0.4, 0.5) is 5.69 Å². The Kier molecular flexibility index (Phi) is 3.52. The third-order valence-electron chi connectivity index (χ3n) is 3.35. The lowest BCUT2D eigenvalue weighted by Gasteiger charge is -2.44. The van der Waals surface area contributed by atoms with E-state index in [0.717, 1.165) is 5.69 Å². The van der Waals surface area contributed by atoms with E-state index in [1.807, 2.05) is 30.3 Å². The Labute approximate surface area is 107 Å². The average molecular weight is 243 g/mol. The lowest BCUT2D eigenvalue weighted by molar-refractivity contribution is -0.133. The molecule has 4 nitrogen and oxygen atoms in total. The van der Waals surface area contributed by atoms with Gasteiger partial charge in [-0.05, 0) is 19.1 Å². The summed E-state index contributed by atoms with van der Waals surface area (Å²) in [7, 11) is 1.80. The Bertz CT molecular complexity index is 466. The van der Waals surface area contributed by atoms with Crippen LogP contribution in [0.3, 0.4) is 0 Å². The van der Waals surface area contributed by atoms with Crippen LogP contribution in [0.25, 0.3) is 0 Å². The average Bonchev–Trinajstić information content (AvgIpc) is 2.37. The molecule has 1 aromatic rings. The van der Waals surface area contributed by atoms with Crippen molar-refractivity contribution in [2.24, 2.45) is 0 Å². The number of nitriles is 1. The van der Waals surface area contributed by atoms with Gasteiger partial charge in [-0.2, -0.15) is 5.26 Å². The van der Waals surface area contributed by atoms with Crippen molar-refractivity contribution < 1.29 is 4.79 Å². The topological polar surface area (TPSA) is 47.3 Å². The molecule has 2 rings (SSSR count). The summed E-state index contributed by atoms with van der Waals surface area (Å²) in [5.74, 6) is 0.0264. The molecule has 1 aliphatic heterocycles. The molecule has 0 bridgehead atoms. The predicted molar refractivity (Wildman–Crippen MR) is 70.0 cm³/mol. The van der Waals surface area contributed by atoms with Gasteiger partial charge in [0.05, 0.1) is 12.5 Å². The lowest BCUT2D eigenvalue weighted by Crippen LogP contribution is -2.60. The molecule has 1 amide bonds. The van der Waals surface area contributed by atoms with Gasteiger partial charge in [0.25, 0.3) is 0 Å². The number of benzene rings is 1. The van der Waals surface area contributed by atoms with Gasteiger partial charge in [-0.15, -0.1) is 0 Å². The lowest BCUT2D eigenvalue weighted by atomic mass is 10.0. The van der Waals surface area contributed by atoms with Crippen LogP contribution in [0.15, 0.2) is 30.3 Å². The highest BCUT2D eigenvalue weighted by Crippen LogP contribution is 2.26. The van der Waals surface area contributed by atoms with Crippen LogP contribution in [0.2, 0.25) is 0 Å². The fourth-order valence-electron chi connectivity index (χ4n) is 2.56. The third kappa shape index (κ3) is 2.17. The number of nitrogens with zero attached hydrogens (tertiary/aromatic N) is 3. The summed E-state index contributed by atoms with van der Waals surface area (Å²) in [6, 6.07) is 11.8. The van der Waals surface area contributed by atoms with E-state index in [4.69, 9.17) is 5.26 Å². The number of amides is 1. The minimum absolute atomic E-state index is 0.0264. The van der Waals surface area contributed by atoms with Crippen molar-refractivity contribution in [3.8, 4) is 6.07 Å². The fourth-order valence-corrected chi connectivity index (χ4v) is 2.56. The first kappa shape index (κ1) is 12.4. The molecule has 0 saturated carbocycles. The maximum Gasteiger partial charge on any atom is 0.246 e. The first-order chi connectivity index (χ1) is 8.65. The van der Waals surface area contributed by atoms with Crippen LogP contribution < -0.4 is 4.90 Å². The SMILES string of the molecule is CC1CN(C)C(=O)C(CC#N)N1c1ccccc1. The van der Waals surface area contributed by atoms with E-state index in [1.54, 1.807) is 11.9 Å². The van der Waals surface area contributed by atoms with E-state index < -0.39 is 0 Å². The smallest absolute Gasteiger partial charge is 0.246 e. The molecular weight excluding hydrogens is 226 g/mol. The Morgan fingerprint density at radius 3 is 2.67 bits per heavy atom. The molecule has 1 aromatic carbocycles. The van der Waals surface area contributed by atoms with Crippen LogP contribution in [0.1, 0.15) is 13.3 Å². The Morgan fingerprint density at radius 2 is 2.06 bits per heavy atom. The van der Waals surface area contributed by atoms with Crippen LogP contribution in [0, 0.1) is 11.3 Å². The van der Waals surface area contributed by atoms with E-state index in [2.05, 4.69) is 17.9 Å². The molecule has 2 atom stereocenters. The number of hydrogen-bond acceptors (Lipinski definition) is 3. The number of carbonyl (C=O) groups excluding carboxylic acids is 1. The Hall–Kier alpha value is -2.02. The number of piperazine rings is 1. The van der Waals surface area contributed by atoms with E-state index in [1.165, 1.54) is 0 Å². The maximum atomic E-state index is 12.2. The van der Waals surface area contributed by atoms with Gasteiger partial charge >= 0.3 is 0 Å². The van der Waals surface area contributed by atoms with Crippen molar-refractivity contribution in [1.29, 1.82) is 5.26 Å². The number of rotatable bonds is 2. The summed E-state index contributed by atoms with van der Waals surface area (Å²) in [4.78, 5) is 16.0. The highest BCUT2D eigenvalue weighted by atomic mass is 16.2. The number of hydrogen-bond donors (Lipinski definition) is 0. The van der Waals surface area contributed by atoms with E-state index in [0.29, 0.717) is 6.54 Å². The summed E-state index contributed by atoms with van der Waals surface area (Å²) in [6.07, 6.45) is 0.225. The Balaban J connectivity index is 2.36. The number of anilines is 1. The number of para-hydroxylation sites is 1. The number of carbonyl (C=O) groups is 1. The zero-order chi connectivity index (χ0) is 13.1. The minimum Gasteiger partial charge on any atom is -0.354 e. The van der Waals surface area contributed by atoms with Gasteiger partial charge in [0, 0.05) is 25.3 Å². The zero-order valence-corrected chi connectivity index (χ0v) is 10.7.